The second kappa shape index (κ2) is 6.92. The van der Waals surface area contributed by atoms with Crippen molar-refractivity contribution in [2.24, 2.45) is 28.1 Å². The van der Waals surface area contributed by atoms with Gasteiger partial charge in [-0.1, -0.05) is 26.8 Å². The molecule has 6 aliphatic rings. The van der Waals surface area contributed by atoms with Crippen LogP contribution >= 0.6 is 0 Å². The summed E-state index contributed by atoms with van der Waals surface area (Å²) < 4.78 is 29.4. The van der Waals surface area contributed by atoms with Crippen molar-refractivity contribution in [2.75, 3.05) is 0 Å². The third kappa shape index (κ3) is 2.12. The van der Waals surface area contributed by atoms with Gasteiger partial charge in [-0.15, -0.1) is 0 Å². The minimum Gasteiger partial charge on any atom is -0.456 e. The van der Waals surface area contributed by atoms with E-state index in [2.05, 4.69) is 4.98 Å². The lowest BCUT2D eigenvalue weighted by Gasteiger charge is -2.48. The average molecular weight is 532 g/mol. The fraction of sp³-hybridized carbons (Fsp3) is 0.692. The van der Waals surface area contributed by atoms with E-state index in [4.69, 9.17) is 23.7 Å². The number of fused-ring (bicyclic) bond motifs is 1. The first-order valence-corrected chi connectivity index (χ1v) is 12.7. The Labute approximate surface area is 217 Å². The summed E-state index contributed by atoms with van der Waals surface area (Å²) in [6.07, 6.45) is -7.52. The minimum atomic E-state index is -2.38. The number of ether oxygens (including phenoxy) is 5. The summed E-state index contributed by atoms with van der Waals surface area (Å²) in [6.45, 7) is 6.76. The Balaban J connectivity index is 1.50. The molecule has 0 aromatic carbocycles. The van der Waals surface area contributed by atoms with Crippen molar-refractivity contribution in [3.8, 4) is 0 Å². The highest BCUT2D eigenvalue weighted by atomic mass is 16.8. The van der Waals surface area contributed by atoms with E-state index in [1.165, 1.54) is 6.92 Å². The van der Waals surface area contributed by atoms with Crippen LogP contribution in [0, 0.1) is 28.1 Å². The second-order valence-electron chi connectivity index (χ2n) is 12.4. The number of aliphatic hydroxyl groups excluding tert-OH is 2. The van der Waals surface area contributed by atoms with Gasteiger partial charge in [-0.3, -0.25) is 9.78 Å². The SMILES string of the molecule is C[C@@H]1C(=O)OC2[C@H](O)C34C5OC(=O)C3(OC3OC(=O)[C@H](OCc6ccccn6)C34[C@H](C(C)(C)C)[C@H]5O)[C@]21O. The van der Waals surface area contributed by atoms with Crippen molar-refractivity contribution in [1.29, 1.82) is 0 Å². The van der Waals surface area contributed by atoms with Gasteiger partial charge in [-0.05, 0) is 24.5 Å². The van der Waals surface area contributed by atoms with Crippen LogP contribution in [0.15, 0.2) is 24.4 Å². The molecule has 2 saturated carbocycles. The molecular weight excluding hydrogens is 502 g/mol. The van der Waals surface area contributed by atoms with Crippen molar-refractivity contribution < 1.29 is 53.4 Å². The molecule has 0 radical (unpaired) electrons. The molecule has 0 bridgehead atoms. The van der Waals surface area contributed by atoms with Crippen LogP contribution in [0.4, 0.5) is 0 Å². The number of pyridine rings is 1. The number of hydrogen-bond donors (Lipinski definition) is 3. The van der Waals surface area contributed by atoms with Gasteiger partial charge in [0.05, 0.1) is 35.2 Å². The highest BCUT2D eigenvalue weighted by Crippen LogP contribution is 2.84. The van der Waals surface area contributed by atoms with Gasteiger partial charge in [0.15, 0.2) is 17.8 Å². The summed E-state index contributed by atoms with van der Waals surface area (Å²) in [5, 5.41) is 36.1. The van der Waals surface area contributed by atoms with E-state index in [9.17, 15) is 29.7 Å². The summed E-state index contributed by atoms with van der Waals surface area (Å²) in [4.78, 5) is 44.2. The van der Waals surface area contributed by atoms with Crippen LogP contribution in [-0.4, -0.2) is 86.2 Å². The van der Waals surface area contributed by atoms with Gasteiger partial charge in [0.1, 0.15) is 12.2 Å². The maximum absolute atomic E-state index is 13.8. The van der Waals surface area contributed by atoms with E-state index in [0.29, 0.717) is 5.69 Å². The lowest BCUT2D eigenvalue weighted by Crippen LogP contribution is -2.67. The van der Waals surface area contributed by atoms with Gasteiger partial charge in [-0.25, -0.2) is 9.59 Å². The Bertz CT molecular complexity index is 1270. The first kappa shape index (κ1) is 24.4. The van der Waals surface area contributed by atoms with E-state index in [-0.39, 0.29) is 6.61 Å². The highest BCUT2D eigenvalue weighted by molar-refractivity contribution is 5.94. The van der Waals surface area contributed by atoms with E-state index in [1.807, 2.05) is 20.8 Å². The van der Waals surface area contributed by atoms with Crippen molar-refractivity contribution in [1.82, 2.24) is 4.98 Å². The molecule has 7 rings (SSSR count). The molecule has 1 aromatic heterocycles. The molecule has 5 heterocycles. The Morgan fingerprint density at radius 2 is 1.79 bits per heavy atom. The van der Waals surface area contributed by atoms with Crippen LogP contribution in [0.5, 0.6) is 0 Å². The number of rotatable bonds is 3. The van der Waals surface area contributed by atoms with Crippen LogP contribution in [0.25, 0.3) is 0 Å². The molecule has 12 atom stereocenters. The fourth-order valence-electron chi connectivity index (χ4n) is 9.10. The smallest absolute Gasteiger partial charge is 0.343 e. The van der Waals surface area contributed by atoms with Gasteiger partial charge in [0.2, 0.25) is 11.9 Å². The Morgan fingerprint density at radius 1 is 1.05 bits per heavy atom. The number of aromatic nitrogens is 1. The maximum atomic E-state index is 13.8. The van der Waals surface area contributed by atoms with Crippen molar-refractivity contribution in [3.05, 3.63) is 30.1 Å². The van der Waals surface area contributed by atoms with Gasteiger partial charge in [-0.2, -0.15) is 0 Å². The Kier molecular flexibility index (Phi) is 4.44. The van der Waals surface area contributed by atoms with Crippen LogP contribution in [0.3, 0.4) is 0 Å². The summed E-state index contributed by atoms with van der Waals surface area (Å²) in [7, 11) is 0. The summed E-state index contributed by atoms with van der Waals surface area (Å²) in [5.74, 6) is -4.87. The van der Waals surface area contributed by atoms with Crippen molar-refractivity contribution in [3.63, 3.8) is 0 Å². The Hall–Kier alpha value is -2.64. The molecular formula is C26H29NO11. The molecule has 4 aliphatic heterocycles. The zero-order valence-electron chi connectivity index (χ0n) is 21.2. The average Bonchev–Trinajstić information content (AvgIpc) is 3.55. The van der Waals surface area contributed by atoms with Crippen molar-refractivity contribution >= 4 is 17.9 Å². The number of aliphatic hydroxyl groups is 3. The zero-order valence-corrected chi connectivity index (χ0v) is 21.2. The number of nitrogens with zero attached hydrogens (tertiary/aromatic N) is 1. The van der Waals surface area contributed by atoms with E-state index in [0.717, 1.165) is 0 Å². The highest BCUT2D eigenvalue weighted by Gasteiger charge is 3.05. The summed E-state index contributed by atoms with van der Waals surface area (Å²) >= 11 is 0. The Morgan fingerprint density at radius 3 is 2.45 bits per heavy atom. The van der Waals surface area contributed by atoms with Gasteiger partial charge >= 0.3 is 17.9 Å². The quantitative estimate of drug-likeness (QED) is 0.329. The van der Waals surface area contributed by atoms with E-state index in [1.54, 1.807) is 24.4 Å². The number of esters is 3. The fourth-order valence-corrected chi connectivity index (χ4v) is 9.10. The molecule has 6 fully saturated rings. The molecule has 2 spiro atoms. The number of carbonyl (C=O) groups excluding carboxylic acids is 3. The molecule has 4 saturated heterocycles. The molecule has 1 aromatic rings. The molecule has 0 amide bonds. The third-order valence-electron chi connectivity index (χ3n) is 10.0. The van der Waals surface area contributed by atoms with Crippen LogP contribution in [0.1, 0.15) is 33.4 Å². The van der Waals surface area contributed by atoms with E-state index < -0.39 is 94.0 Å². The van der Waals surface area contributed by atoms with Gasteiger partial charge < -0.3 is 39.0 Å². The number of carbonyl (C=O) groups is 3. The lowest BCUT2D eigenvalue weighted by molar-refractivity contribution is -0.240. The normalized spacial score (nSPS) is 51.8. The summed E-state index contributed by atoms with van der Waals surface area (Å²) in [6, 6.07) is 5.19. The van der Waals surface area contributed by atoms with Gasteiger partial charge in [0.25, 0.3) is 0 Å². The standard InChI is InChI=1S/C26H29NO11/c1-10-18(30)35-16-14(29)24-15-12(28)13(22(2,3)4)23(24)17(34-9-11-7-5-6-8-27-11)19(31)37-21(23)38-26(24,20(32)36-15)25(10,16)33/h5-8,10,12-17,21,28-29,33H,9H2,1-4H3/t10-,12-,13+,14+,15?,16?,17+,21?,23?,24?,25-,26?/m1/s1. The van der Waals surface area contributed by atoms with Crippen LogP contribution in [0.2, 0.25) is 0 Å². The molecule has 38 heavy (non-hydrogen) atoms. The second-order valence-corrected chi connectivity index (χ2v) is 12.4. The van der Waals surface area contributed by atoms with Gasteiger partial charge in [0, 0.05) is 12.1 Å². The largest absolute Gasteiger partial charge is 0.456 e. The first-order chi connectivity index (χ1) is 17.8. The topological polar surface area (TPSA) is 171 Å². The molecule has 6 unspecified atom stereocenters. The van der Waals surface area contributed by atoms with Crippen molar-refractivity contribution in [2.45, 2.75) is 82.3 Å². The predicted molar refractivity (Wildman–Crippen MR) is 120 cm³/mol. The van der Waals surface area contributed by atoms with Crippen LogP contribution in [-0.2, 0) is 44.7 Å². The number of hydrogen-bond acceptors (Lipinski definition) is 12. The van der Waals surface area contributed by atoms with E-state index >= 15 is 0 Å². The monoisotopic (exact) mass is 531 g/mol. The van der Waals surface area contributed by atoms with Crippen LogP contribution < -0.4 is 0 Å². The third-order valence-corrected chi connectivity index (χ3v) is 10.0. The first-order valence-electron chi connectivity index (χ1n) is 12.7. The molecule has 12 nitrogen and oxygen atoms in total. The zero-order chi connectivity index (χ0) is 27.2. The lowest BCUT2D eigenvalue weighted by atomic mass is 9.51. The molecule has 3 N–H and O–H groups in total. The molecule has 2 aliphatic carbocycles. The minimum absolute atomic E-state index is 0.125. The molecule has 12 heteroatoms. The molecule has 204 valence electrons. The summed E-state index contributed by atoms with van der Waals surface area (Å²) in [5.41, 5.74) is -8.66. The maximum Gasteiger partial charge on any atom is 0.343 e. The predicted octanol–water partition coefficient (Wildman–Crippen LogP) is -0.779.